The number of amides is 1. The maximum absolute atomic E-state index is 11.9. The molecule has 1 amide bonds. The predicted octanol–water partition coefficient (Wildman–Crippen LogP) is -0.419. The number of aliphatic hydroxyl groups is 2. The number of hydrogen-bond donors (Lipinski definition) is 3. The molecule has 0 unspecified atom stereocenters. The van der Waals surface area contributed by atoms with Crippen molar-refractivity contribution in [2.45, 2.75) is 32.2 Å². The monoisotopic (exact) mass is 256 g/mol. The summed E-state index contributed by atoms with van der Waals surface area (Å²) < 4.78 is 0. The molecule has 104 valence electrons. The lowest BCUT2D eigenvalue weighted by Gasteiger charge is -2.28. The van der Waals surface area contributed by atoms with E-state index in [1.54, 1.807) is 4.90 Å². The van der Waals surface area contributed by atoms with Crippen LogP contribution < -0.4 is 5.32 Å². The lowest BCUT2D eigenvalue weighted by Crippen LogP contribution is -2.50. The van der Waals surface area contributed by atoms with Crippen LogP contribution in [0.5, 0.6) is 0 Å². The van der Waals surface area contributed by atoms with Crippen molar-refractivity contribution in [2.75, 3.05) is 32.8 Å². The van der Waals surface area contributed by atoms with Crippen molar-refractivity contribution < 1.29 is 15.0 Å². The van der Waals surface area contributed by atoms with Gasteiger partial charge in [-0.3, -0.25) is 9.69 Å². The molecule has 0 aliphatic heterocycles. The zero-order chi connectivity index (χ0) is 14.0. The van der Waals surface area contributed by atoms with Crippen LogP contribution in [0.3, 0.4) is 0 Å². The van der Waals surface area contributed by atoms with Gasteiger partial charge >= 0.3 is 0 Å². The zero-order valence-corrected chi connectivity index (χ0v) is 11.3. The van der Waals surface area contributed by atoms with Gasteiger partial charge in [0.1, 0.15) is 5.54 Å². The van der Waals surface area contributed by atoms with Crippen LogP contribution in [0.2, 0.25) is 0 Å². The highest BCUT2D eigenvalue weighted by Gasteiger charge is 2.25. The Balaban J connectivity index is 4.43. The third-order valence-corrected chi connectivity index (χ3v) is 3.06. The summed E-state index contributed by atoms with van der Waals surface area (Å²) in [5, 5.41) is 20.6. The van der Waals surface area contributed by atoms with Gasteiger partial charge in [-0.15, -0.1) is 6.42 Å². The third kappa shape index (κ3) is 5.50. The van der Waals surface area contributed by atoms with E-state index in [-0.39, 0.29) is 25.7 Å². The Labute approximate surface area is 109 Å². The Morgan fingerprint density at radius 1 is 1.28 bits per heavy atom. The summed E-state index contributed by atoms with van der Waals surface area (Å²) in [6.07, 6.45) is 6.81. The predicted molar refractivity (Wildman–Crippen MR) is 70.9 cm³/mol. The molecule has 0 heterocycles. The van der Waals surface area contributed by atoms with Gasteiger partial charge in [-0.25, -0.2) is 0 Å². The second-order valence-corrected chi connectivity index (χ2v) is 4.21. The van der Waals surface area contributed by atoms with Crippen LogP contribution in [0.25, 0.3) is 0 Å². The van der Waals surface area contributed by atoms with Crippen LogP contribution in [0.15, 0.2) is 0 Å². The molecule has 0 rings (SSSR count). The molecule has 0 aromatic rings. The van der Waals surface area contributed by atoms with E-state index in [1.807, 2.05) is 13.8 Å². The Bertz CT molecular complexity index is 276. The molecule has 0 spiro atoms. The minimum atomic E-state index is -0.596. The molecular weight excluding hydrogens is 232 g/mol. The Hall–Kier alpha value is -1.09. The molecule has 5 nitrogen and oxygen atoms in total. The van der Waals surface area contributed by atoms with Crippen LogP contribution in [0, 0.1) is 12.3 Å². The minimum Gasteiger partial charge on any atom is -0.395 e. The molecule has 0 aromatic carbocycles. The summed E-state index contributed by atoms with van der Waals surface area (Å²) in [7, 11) is 0. The van der Waals surface area contributed by atoms with Gasteiger partial charge in [0.15, 0.2) is 0 Å². The number of hydrogen-bond acceptors (Lipinski definition) is 4. The van der Waals surface area contributed by atoms with Gasteiger partial charge in [-0.1, -0.05) is 19.8 Å². The summed E-state index contributed by atoms with van der Waals surface area (Å²) in [5.74, 6) is 2.45. The van der Waals surface area contributed by atoms with Crippen molar-refractivity contribution in [1.29, 1.82) is 0 Å². The molecule has 5 heteroatoms. The average Bonchev–Trinajstić information content (AvgIpc) is 2.37. The van der Waals surface area contributed by atoms with Gasteiger partial charge in [0, 0.05) is 13.1 Å². The Morgan fingerprint density at radius 2 is 1.78 bits per heavy atom. The minimum absolute atomic E-state index is 0.0465. The second kappa shape index (κ2) is 8.92. The standard InChI is InChI=1S/C13H24N2O3/c1-4-13(5-2,6-3)14-12(18)11-15(7-9-16)8-10-17/h1,16-17H,5-11H2,2-3H3,(H,14,18). The van der Waals surface area contributed by atoms with Crippen molar-refractivity contribution in [3.63, 3.8) is 0 Å². The number of nitrogens with one attached hydrogen (secondary N) is 1. The zero-order valence-electron chi connectivity index (χ0n) is 11.3. The quantitative estimate of drug-likeness (QED) is 0.490. The van der Waals surface area contributed by atoms with Crippen molar-refractivity contribution >= 4 is 5.91 Å². The van der Waals surface area contributed by atoms with Gasteiger partial charge in [-0.2, -0.15) is 0 Å². The first-order chi connectivity index (χ1) is 8.57. The van der Waals surface area contributed by atoms with Crippen molar-refractivity contribution in [3.05, 3.63) is 0 Å². The maximum atomic E-state index is 11.9. The van der Waals surface area contributed by atoms with Crippen molar-refractivity contribution in [2.24, 2.45) is 0 Å². The number of nitrogens with zero attached hydrogens (tertiary/aromatic N) is 1. The second-order valence-electron chi connectivity index (χ2n) is 4.21. The number of carbonyl (C=O) groups is 1. The van der Waals surface area contributed by atoms with E-state index in [4.69, 9.17) is 16.6 Å². The normalized spacial score (nSPS) is 11.3. The molecule has 0 aliphatic rings. The van der Waals surface area contributed by atoms with Gasteiger partial charge in [0.2, 0.25) is 5.91 Å². The molecule has 0 bridgehead atoms. The van der Waals surface area contributed by atoms with Crippen LogP contribution >= 0.6 is 0 Å². The molecule has 0 saturated carbocycles. The topological polar surface area (TPSA) is 72.8 Å². The van der Waals surface area contributed by atoms with Gasteiger partial charge in [0.05, 0.1) is 19.8 Å². The van der Waals surface area contributed by atoms with Gasteiger partial charge < -0.3 is 15.5 Å². The average molecular weight is 256 g/mol. The summed E-state index contributed by atoms with van der Waals surface area (Å²) >= 11 is 0. The summed E-state index contributed by atoms with van der Waals surface area (Å²) in [6, 6.07) is 0. The lowest BCUT2D eigenvalue weighted by atomic mass is 9.94. The van der Waals surface area contributed by atoms with Crippen LogP contribution in [-0.4, -0.2) is 59.4 Å². The van der Waals surface area contributed by atoms with E-state index < -0.39 is 5.54 Å². The SMILES string of the molecule is C#CC(CC)(CC)NC(=O)CN(CCO)CCO. The van der Waals surface area contributed by atoms with Gasteiger partial charge in [0.25, 0.3) is 0 Å². The first-order valence-corrected chi connectivity index (χ1v) is 6.30. The number of carbonyl (C=O) groups excluding carboxylic acids is 1. The molecule has 0 atom stereocenters. The summed E-state index contributed by atoms with van der Waals surface area (Å²) in [5.41, 5.74) is -0.596. The fourth-order valence-electron chi connectivity index (χ4n) is 1.73. The molecular formula is C13H24N2O3. The molecule has 0 aromatic heterocycles. The first-order valence-electron chi connectivity index (χ1n) is 6.30. The molecule has 0 fully saturated rings. The summed E-state index contributed by atoms with van der Waals surface area (Å²) in [4.78, 5) is 13.6. The van der Waals surface area contributed by atoms with E-state index >= 15 is 0 Å². The largest absolute Gasteiger partial charge is 0.395 e. The fourth-order valence-corrected chi connectivity index (χ4v) is 1.73. The van der Waals surface area contributed by atoms with E-state index in [0.717, 1.165) is 0 Å². The smallest absolute Gasteiger partial charge is 0.235 e. The number of rotatable bonds is 9. The molecule has 18 heavy (non-hydrogen) atoms. The summed E-state index contributed by atoms with van der Waals surface area (Å²) in [6.45, 7) is 4.62. The molecule has 0 saturated heterocycles. The van der Waals surface area contributed by atoms with Crippen molar-refractivity contribution in [3.8, 4) is 12.3 Å². The van der Waals surface area contributed by atoms with Gasteiger partial charge in [-0.05, 0) is 12.8 Å². The molecule has 0 radical (unpaired) electrons. The first kappa shape index (κ1) is 16.9. The highest BCUT2D eigenvalue weighted by atomic mass is 16.3. The Morgan fingerprint density at radius 3 is 2.11 bits per heavy atom. The van der Waals surface area contributed by atoms with Crippen LogP contribution in [0.4, 0.5) is 0 Å². The number of aliphatic hydroxyl groups excluding tert-OH is 2. The highest BCUT2D eigenvalue weighted by molar-refractivity contribution is 5.79. The van der Waals surface area contributed by atoms with Crippen molar-refractivity contribution in [1.82, 2.24) is 10.2 Å². The van der Waals surface area contributed by atoms with E-state index in [9.17, 15) is 4.79 Å². The highest BCUT2D eigenvalue weighted by Crippen LogP contribution is 2.13. The van der Waals surface area contributed by atoms with E-state index in [2.05, 4.69) is 11.2 Å². The Kier molecular flexibility index (Phi) is 8.38. The fraction of sp³-hybridized carbons (Fsp3) is 0.769. The maximum Gasteiger partial charge on any atom is 0.235 e. The molecule has 0 aliphatic carbocycles. The molecule has 3 N–H and O–H groups in total. The van der Waals surface area contributed by atoms with E-state index in [1.165, 1.54) is 0 Å². The third-order valence-electron chi connectivity index (χ3n) is 3.06. The van der Waals surface area contributed by atoms with Crippen LogP contribution in [-0.2, 0) is 4.79 Å². The van der Waals surface area contributed by atoms with E-state index in [0.29, 0.717) is 25.9 Å². The van der Waals surface area contributed by atoms with Crippen LogP contribution in [0.1, 0.15) is 26.7 Å². The number of terminal acetylenes is 1. The lowest BCUT2D eigenvalue weighted by molar-refractivity contribution is -0.123.